The Labute approximate surface area is 117 Å². The molecule has 3 nitrogen and oxygen atoms in total. The third-order valence-corrected chi connectivity index (χ3v) is 4.00. The highest BCUT2D eigenvalue weighted by atomic mass is 35.5. The van der Waals surface area contributed by atoms with Gasteiger partial charge in [-0.3, -0.25) is 4.79 Å². The van der Waals surface area contributed by atoms with Gasteiger partial charge in [0.2, 0.25) is 5.91 Å². The van der Waals surface area contributed by atoms with E-state index in [2.05, 4.69) is 5.32 Å². The monoisotopic (exact) mass is 276 g/mol. The molecule has 1 aromatic carbocycles. The van der Waals surface area contributed by atoms with Crippen LogP contribution in [0.15, 0.2) is 30.5 Å². The molecule has 1 saturated carbocycles. The van der Waals surface area contributed by atoms with Crippen LogP contribution in [0.4, 0.5) is 0 Å². The highest BCUT2D eigenvalue weighted by molar-refractivity contribution is 6.31. The molecule has 0 unspecified atom stereocenters. The standard InChI is InChI=1S/C15H17ClN2O/c16-12-5-6-14-11(9-12)7-8-18(14)10-15(19)17-13-3-1-2-4-13/h5-9,13H,1-4,10H2,(H,17,19). The molecule has 1 heterocycles. The molecule has 0 aliphatic heterocycles. The topological polar surface area (TPSA) is 34.0 Å². The summed E-state index contributed by atoms with van der Waals surface area (Å²) < 4.78 is 1.97. The Morgan fingerprint density at radius 2 is 2.11 bits per heavy atom. The van der Waals surface area contributed by atoms with Crippen molar-refractivity contribution in [1.82, 2.24) is 9.88 Å². The molecule has 3 rings (SSSR count). The highest BCUT2D eigenvalue weighted by Crippen LogP contribution is 2.21. The molecule has 2 aromatic rings. The smallest absolute Gasteiger partial charge is 0.240 e. The van der Waals surface area contributed by atoms with Crippen LogP contribution >= 0.6 is 11.6 Å². The van der Waals surface area contributed by atoms with Crippen molar-refractivity contribution in [2.45, 2.75) is 38.3 Å². The molecule has 1 aliphatic carbocycles. The second kappa shape index (κ2) is 5.25. The summed E-state index contributed by atoms with van der Waals surface area (Å²) in [5.41, 5.74) is 1.05. The zero-order valence-electron chi connectivity index (χ0n) is 10.7. The van der Waals surface area contributed by atoms with Gasteiger partial charge in [0.1, 0.15) is 6.54 Å². The summed E-state index contributed by atoms with van der Waals surface area (Å²) in [7, 11) is 0. The molecule has 0 radical (unpaired) electrons. The van der Waals surface area contributed by atoms with E-state index in [1.54, 1.807) is 0 Å². The number of halogens is 1. The van der Waals surface area contributed by atoms with E-state index >= 15 is 0 Å². The number of nitrogens with one attached hydrogen (secondary N) is 1. The lowest BCUT2D eigenvalue weighted by atomic mass is 10.2. The molecule has 1 aromatic heterocycles. The highest BCUT2D eigenvalue weighted by Gasteiger charge is 2.17. The number of amides is 1. The molecule has 0 bridgehead atoms. The van der Waals surface area contributed by atoms with E-state index in [1.807, 2.05) is 35.0 Å². The summed E-state index contributed by atoms with van der Waals surface area (Å²) in [6.07, 6.45) is 6.64. The van der Waals surface area contributed by atoms with E-state index in [-0.39, 0.29) is 5.91 Å². The number of hydrogen-bond acceptors (Lipinski definition) is 1. The molecule has 0 saturated heterocycles. The van der Waals surface area contributed by atoms with Crippen molar-refractivity contribution in [3.05, 3.63) is 35.5 Å². The van der Waals surface area contributed by atoms with E-state index in [0.717, 1.165) is 28.8 Å². The van der Waals surface area contributed by atoms with Gasteiger partial charge in [0, 0.05) is 28.2 Å². The Balaban J connectivity index is 1.72. The fraction of sp³-hybridized carbons (Fsp3) is 0.400. The van der Waals surface area contributed by atoms with Crippen LogP contribution < -0.4 is 5.32 Å². The minimum absolute atomic E-state index is 0.0966. The second-order valence-electron chi connectivity index (χ2n) is 5.20. The summed E-state index contributed by atoms with van der Waals surface area (Å²) in [6, 6.07) is 8.10. The molecule has 1 amide bonds. The summed E-state index contributed by atoms with van der Waals surface area (Å²) in [5, 5.41) is 4.90. The Kier molecular flexibility index (Phi) is 3.47. The minimum atomic E-state index is 0.0966. The number of hydrogen-bond donors (Lipinski definition) is 1. The Hall–Kier alpha value is -1.48. The zero-order valence-corrected chi connectivity index (χ0v) is 11.5. The summed E-state index contributed by atoms with van der Waals surface area (Å²) in [4.78, 5) is 12.0. The average molecular weight is 277 g/mol. The van der Waals surface area contributed by atoms with Gasteiger partial charge in [-0.25, -0.2) is 0 Å². The fourth-order valence-corrected chi connectivity index (χ4v) is 2.99. The molecule has 1 aliphatic rings. The summed E-state index contributed by atoms with van der Waals surface area (Å²) in [6.45, 7) is 0.377. The molecular formula is C15H17ClN2O. The van der Waals surface area contributed by atoms with Crippen molar-refractivity contribution in [2.24, 2.45) is 0 Å². The van der Waals surface area contributed by atoms with Gasteiger partial charge >= 0.3 is 0 Å². The number of aromatic nitrogens is 1. The molecule has 100 valence electrons. The molecule has 0 atom stereocenters. The van der Waals surface area contributed by atoms with E-state index in [9.17, 15) is 4.79 Å². The largest absolute Gasteiger partial charge is 0.352 e. The van der Waals surface area contributed by atoms with Crippen LogP contribution in [0.25, 0.3) is 10.9 Å². The van der Waals surface area contributed by atoms with Gasteiger partial charge < -0.3 is 9.88 Å². The second-order valence-corrected chi connectivity index (χ2v) is 5.63. The third-order valence-electron chi connectivity index (χ3n) is 3.77. The van der Waals surface area contributed by atoms with Crippen LogP contribution in [0.5, 0.6) is 0 Å². The van der Waals surface area contributed by atoms with Crippen LogP contribution in [-0.2, 0) is 11.3 Å². The number of carbonyl (C=O) groups excluding carboxylic acids is 1. The maximum Gasteiger partial charge on any atom is 0.240 e. The van der Waals surface area contributed by atoms with Gasteiger partial charge in [0.15, 0.2) is 0 Å². The fourth-order valence-electron chi connectivity index (χ4n) is 2.81. The van der Waals surface area contributed by atoms with Crippen molar-refractivity contribution in [3.8, 4) is 0 Å². The number of rotatable bonds is 3. The predicted octanol–water partition coefficient (Wildman–Crippen LogP) is 3.35. The van der Waals surface area contributed by atoms with Crippen LogP contribution in [0, 0.1) is 0 Å². The van der Waals surface area contributed by atoms with Gasteiger partial charge in [-0.15, -0.1) is 0 Å². The Morgan fingerprint density at radius 1 is 1.32 bits per heavy atom. The first-order valence-corrected chi connectivity index (χ1v) is 7.14. The van der Waals surface area contributed by atoms with Crippen molar-refractivity contribution in [1.29, 1.82) is 0 Å². The molecule has 4 heteroatoms. The predicted molar refractivity (Wildman–Crippen MR) is 77.3 cm³/mol. The van der Waals surface area contributed by atoms with E-state index in [4.69, 9.17) is 11.6 Å². The van der Waals surface area contributed by atoms with Crippen molar-refractivity contribution < 1.29 is 4.79 Å². The van der Waals surface area contributed by atoms with Gasteiger partial charge in [0.25, 0.3) is 0 Å². The van der Waals surface area contributed by atoms with E-state index < -0.39 is 0 Å². The van der Waals surface area contributed by atoms with Gasteiger partial charge in [-0.2, -0.15) is 0 Å². The first-order valence-electron chi connectivity index (χ1n) is 6.76. The summed E-state index contributed by atoms with van der Waals surface area (Å²) >= 11 is 5.96. The quantitative estimate of drug-likeness (QED) is 0.916. The van der Waals surface area contributed by atoms with Crippen molar-refractivity contribution in [2.75, 3.05) is 0 Å². The normalized spacial score (nSPS) is 16.1. The number of carbonyl (C=O) groups is 1. The maximum atomic E-state index is 12.0. The third kappa shape index (κ3) is 2.76. The average Bonchev–Trinajstić information content (AvgIpc) is 2.99. The van der Waals surface area contributed by atoms with Crippen LogP contribution in [-0.4, -0.2) is 16.5 Å². The first-order chi connectivity index (χ1) is 9.22. The molecule has 1 fully saturated rings. The molecule has 19 heavy (non-hydrogen) atoms. The molecule has 0 spiro atoms. The van der Waals surface area contributed by atoms with Crippen LogP contribution in [0.3, 0.4) is 0 Å². The molecular weight excluding hydrogens is 260 g/mol. The lowest BCUT2D eigenvalue weighted by Gasteiger charge is -2.12. The van der Waals surface area contributed by atoms with Gasteiger partial charge in [-0.05, 0) is 37.1 Å². The maximum absolute atomic E-state index is 12.0. The lowest BCUT2D eigenvalue weighted by molar-refractivity contribution is -0.122. The zero-order chi connectivity index (χ0) is 13.2. The van der Waals surface area contributed by atoms with E-state index in [1.165, 1.54) is 12.8 Å². The van der Waals surface area contributed by atoms with Crippen molar-refractivity contribution in [3.63, 3.8) is 0 Å². The molecule has 1 N–H and O–H groups in total. The number of nitrogens with zero attached hydrogens (tertiary/aromatic N) is 1. The van der Waals surface area contributed by atoms with Gasteiger partial charge in [-0.1, -0.05) is 24.4 Å². The summed E-state index contributed by atoms with van der Waals surface area (Å²) in [5.74, 6) is 0.0966. The first kappa shape index (κ1) is 12.5. The Morgan fingerprint density at radius 3 is 2.89 bits per heavy atom. The van der Waals surface area contributed by atoms with Crippen LogP contribution in [0.1, 0.15) is 25.7 Å². The van der Waals surface area contributed by atoms with E-state index in [0.29, 0.717) is 12.6 Å². The Bertz CT molecular complexity index is 599. The van der Waals surface area contributed by atoms with Gasteiger partial charge in [0.05, 0.1) is 0 Å². The minimum Gasteiger partial charge on any atom is -0.352 e. The van der Waals surface area contributed by atoms with Crippen LogP contribution in [0.2, 0.25) is 5.02 Å². The SMILES string of the molecule is O=C(Cn1ccc2cc(Cl)ccc21)NC1CCCC1. The lowest BCUT2D eigenvalue weighted by Crippen LogP contribution is -2.35. The number of fused-ring (bicyclic) bond motifs is 1. The van der Waals surface area contributed by atoms with Crippen molar-refractivity contribution >= 4 is 28.4 Å². The number of benzene rings is 1.